The van der Waals surface area contributed by atoms with Crippen molar-refractivity contribution in [3.8, 4) is 0 Å². The van der Waals surface area contributed by atoms with Crippen LogP contribution in [0.5, 0.6) is 0 Å². The number of esters is 1. The predicted octanol–water partition coefficient (Wildman–Crippen LogP) is 1.62. The van der Waals surface area contributed by atoms with Crippen molar-refractivity contribution in [2.45, 2.75) is 147 Å². The third kappa shape index (κ3) is 12.4. The Labute approximate surface area is 324 Å². The molecule has 55 heavy (non-hydrogen) atoms. The van der Waals surface area contributed by atoms with Gasteiger partial charge in [0.05, 0.1) is 37.4 Å². The monoisotopic (exact) mass is 788 g/mol. The summed E-state index contributed by atoms with van der Waals surface area (Å²) in [7, 11) is 5.83. The largest absolute Gasteiger partial charge is 0.462 e. The molecular formula is C39H64O16. The number of aliphatic hydroxyl groups is 4. The van der Waals surface area contributed by atoms with Gasteiger partial charge in [-0.1, -0.05) is 38.5 Å². The van der Waals surface area contributed by atoms with Crippen LogP contribution in [0.1, 0.15) is 67.2 Å². The fourth-order valence-electron chi connectivity index (χ4n) is 7.44. The van der Waals surface area contributed by atoms with Gasteiger partial charge in [-0.15, -0.1) is 0 Å². The van der Waals surface area contributed by atoms with Crippen LogP contribution in [0.2, 0.25) is 0 Å². The van der Waals surface area contributed by atoms with E-state index >= 15 is 0 Å². The van der Waals surface area contributed by atoms with Crippen LogP contribution in [0.4, 0.5) is 0 Å². The number of Topliss-reactive ketones (excluding diaryl/α,β-unsaturated/α-hetero) is 1. The SMILES string of the molecule is CC[C@H]1OC(=O)C[C@@H](O)[C@H](C)[C@@H](OC2OC(C)C(O)C(=O)C2O)[C@@H](CC(OC)OC)C[C@@H](C)C(=O)/C=C/C(C)=C/[C@@H]1COC1OC(C)C(O)C(OC)C1OC. The third-order valence-electron chi connectivity index (χ3n) is 11.0. The van der Waals surface area contributed by atoms with Gasteiger partial charge in [-0.3, -0.25) is 14.4 Å². The first-order chi connectivity index (χ1) is 26.0. The third-order valence-corrected chi connectivity index (χ3v) is 11.0. The molecule has 9 unspecified atom stereocenters. The van der Waals surface area contributed by atoms with Gasteiger partial charge in [-0.25, -0.2) is 0 Å². The maximum absolute atomic E-state index is 13.6. The van der Waals surface area contributed by atoms with E-state index in [1.165, 1.54) is 41.4 Å². The molecule has 0 bridgehead atoms. The lowest BCUT2D eigenvalue weighted by Crippen LogP contribution is -2.59. The molecule has 0 saturated carbocycles. The summed E-state index contributed by atoms with van der Waals surface area (Å²) in [6, 6.07) is 0. The van der Waals surface area contributed by atoms with Crippen molar-refractivity contribution in [1.29, 1.82) is 0 Å². The van der Waals surface area contributed by atoms with Crippen molar-refractivity contribution in [3.05, 3.63) is 23.8 Å². The fraction of sp³-hybridized carbons (Fsp3) is 0.821. The second-order valence-corrected chi connectivity index (χ2v) is 14.9. The molecule has 16 nitrogen and oxygen atoms in total. The molecule has 0 aromatic heterocycles. The zero-order valence-electron chi connectivity index (χ0n) is 33.8. The smallest absolute Gasteiger partial charge is 0.308 e. The number of carbonyl (C=O) groups is 3. The lowest BCUT2D eigenvalue weighted by atomic mass is 9.79. The number of ether oxygens (including phenoxy) is 9. The molecule has 3 aliphatic rings. The maximum atomic E-state index is 13.6. The number of hydrogen-bond acceptors (Lipinski definition) is 16. The van der Waals surface area contributed by atoms with Gasteiger partial charge in [0.15, 0.2) is 36.5 Å². The highest BCUT2D eigenvalue weighted by atomic mass is 16.7. The molecule has 16 atom stereocenters. The van der Waals surface area contributed by atoms with Gasteiger partial charge in [0.1, 0.15) is 30.5 Å². The van der Waals surface area contributed by atoms with E-state index in [2.05, 4.69) is 0 Å². The van der Waals surface area contributed by atoms with E-state index in [0.717, 1.165) is 0 Å². The molecular weight excluding hydrogens is 724 g/mol. The molecule has 0 amide bonds. The molecule has 0 radical (unpaired) electrons. The summed E-state index contributed by atoms with van der Waals surface area (Å²) < 4.78 is 52.3. The van der Waals surface area contributed by atoms with Crippen molar-refractivity contribution in [3.63, 3.8) is 0 Å². The van der Waals surface area contributed by atoms with Gasteiger partial charge < -0.3 is 63.1 Å². The highest BCUT2D eigenvalue weighted by molar-refractivity contribution is 5.91. The van der Waals surface area contributed by atoms with Crippen molar-refractivity contribution in [1.82, 2.24) is 0 Å². The Morgan fingerprint density at radius 2 is 1.47 bits per heavy atom. The molecule has 3 rings (SSSR count). The van der Waals surface area contributed by atoms with E-state index < -0.39 is 122 Å². The molecule has 4 N–H and O–H groups in total. The minimum absolute atomic E-state index is 0.00262. The van der Waals surface area contributed by atoms with Crippen LogP contribution in [0, 0.1) is 23.7 Å². The van der Waals surface area contributed by atoms with Gasteiger partial charge >= 0.3 is 5.97 Å². The number of methoxy groups -OCH3 is 4. The second kappa shape index (κ2) is 22.1. The Morgan fingerprint density at radius 1 is 0.836 bits per heavy atom. The summed E-state index contributed by atoms with van der Waals surface area (Å²) in [5.41, 5.74) is 0.691. The molecule has 3 heterocycles. The summed E-state index contributed by atoms with van der Waals surface area (Å²) >= 11 is 0. The van der Waals surface area contributed by atoms with Gasteiger partial charge in [0.2, 0.25) is 0 Å². The van der Waals surface area contributed by atoms with Crippen molar-refractivity contribution in [2.75, 3.05) is 35.0 Å². The van der Waals surface area contributed by atoms with Crippen LogP contribution in [0.25, 0.3) is 0 Å². The summed E-state index contributed by atoms with van der Waals surface area (Å²) in [6.07, 6.45) is -8.52. The van der Waals surface area contributed by atoms with Gasteiger partial charge in [0.25, 0.3) is 0 Å². The number of cyclic esters (lactones) is 1. The zero-order chi connectivity index (χ0) is 41.1. The normalized spacial score (nSPS) is 41.8. The van der Waals surface area contributed by atoms with Crippen molar-refractivity contribution >= 4 is 17.5 Å². The molecule has 0 aliphatic carbocycles. The van der Waals surface area contributed by atoms with E-state index in [-0.39, 0.29) is 25.2 Å². The Balaban J connectivity index is 2.00. The highest BCUT2D eigenvalue weighted by Crippen LogP contribution is 2.35. The lowest BCUT2D eigenvalue weighted by molar-refractivity contribution is -0.304. The van der Waals surface area contributed by atoms with Crippen LogP contribution in [0.3, 0.4) is 0 Å². The standard InChI is InChI=1S/C39H64O16/c1-11-28-25(18-51-39-37(50-10)36(49-9)32(44)23(6)53-39)14-19(2)12-13-26(40)20(3)15-24(16-30(47-7)48-8)35(21(4)27(41)17-29(42)54-28)55-38-34(46)33(45)31(43)22(5)52-38/h12-14,20-25,27-28,30-32,34-39,41,43-44,46H,11,15-18H2,1-10H3/b13-12+,19-14+/t20-,21+,22?,23?,24-,25-,27-,28-,31?,32?,34?,35-,36?,37?,38?,39?/m1/s1. The number of allylic oxidation sites excluding steroid dienone is 3. The van der Waals surface area contributed by atoms with Crippen LogP contribution < -0.4 is 0 Å². The average molecular weight is 789 g/mol. The molecule has 2 saturated heterocycles. The predicted molar refractivity (Wildman–Crippen MR) is 195 cm³/mol. The topological polar surface area (TPSA) is 215 Å². The quantitative estimate of drug-likeness (QED) is 0.163. The number of hydrogen-bond donors (Lipinski definition) is 4. The van der Waals surface area contributed by atoms with Crippen LogP contribution in [0.15, 0.2) is 23.8 Å². The fourth-order valence-corrected chi connectivity index (χ4v) is 7.44. The van der Waals surface area contributed by atoms with Gasteiger partial charge in [-0.05, 0) is 45.6 Å². The van der Waals surface area contributed by atoms with Crippen LogP contribution in [-0.2, 0) is 57.0 Å². The van der Waals surface area contributed by atoms with Gasteiger partial charge in [0, 0.05) is 52.6 Å². The van der Waals surface area contributed by atoms with E-state index in [1.54, 1.807) is 26.8 Å². The summed E-state index contributed by atoms with van der Waals surface area (Å²) in [4.78, 5) is 39.9. The molecule has 2 fully saturated rings. The molecule has 3 aliphatic heterocycles. The molecule has 16 heteroatoms. The minimum Gasteiger partial charge on any atom is -0.462 e. The van der Waals surface area contributed by atoms with E-state index in [0.29, 0.717) is 12.0 Å². The minimum atomic E-state index is -1.84. The first kappa shape index (κ1) is 47.2. The molecule has 316 valence electrons. The van der Waals surface area contributed by atoms with E-state index in [4.69, 9.17) is 42.6 Å². The Hall–Kier alpha value is -2.19. The number of aliphatic hydroxyl groups excluding tert-OH is 4. The second-order valence-electron chi connectivity index (χ2n) is 14.9. The molecule has 0 aromatic rings. The van der Waals surface area contributed by atoms with Gasteiger partial charge in [-0.2, -0.15) is 0 Å². The van der Waals surface area contributed by atoms with E-state index in [9.17, 15) is 34.8 Å². The summed E-state index contributed by atoms with van der Waals surface area (Å²) in [6.45, 7) is 10.2. The highest BCUT2D eigenvalue weighted by Gasteiger charge is 2.47. The number of rotatable bonds is 12. The lowest BCUT2D eigenvalue weighted by Gasteiger charge is -2.42. The average Bonchev–Trinajstić information content (AvgIpc) is 3.16. The first-order valence-corrected chi connectivity index (χ1v) is 19.1. The first-order valence-electron chi connectivity index (χ1n) is 19.1. The number of ketones is 2. The Bertz CT molecular complexity index is 1290. The summed E-state index contributed by atoms with van der Waals surface area (Å²) in [5.74, 6) is -4.36. The van der Waals surface area contributed by atoms with E-state index in [1.807, 2.05) is 19.9 Å². The summed E-state index contributed by atoms with van der Waals surface area (Å²) in [5, 5.41) is 43.2. The molecule has 0 aromatic carbocycles. The number of carbonyl (C=O) groups excluding carboxylic acids is 3. The van der Waals surface area contributed by atoms with Crippen molar-refractivity contribution < 1.29 is 77.4 Å². The maximum Gasteiger partial charge on any atom is 0.308 e. The van der Waals surface area contributed by atoms with Crippen LogP contribution >= 0.6 is 0 Å². The van der Waals surface area contributed by atoms with Crippen molar-refractivity contribution in [2.24, 2.45) is 23.7 Å². The Morgan fingerprint density at radius 3 is 2.07 bits per heavy atom. The molecule has 0 spiro atoms. The Kier molecular flexibility index (Phi) is 19.0. The van der Waals surface area contributed by atoms with Crippen LogP contribution in [-0.4, -0.2) is 153 Å². The zero-order valence-corrected chi connectivity index (χ0v) is 33.8.